The van der Waals surface area contributed by atoms with Crippen LogP contribution in [0.2, 0.25) is 0 Å². The van der Waals surface area contributed by atoms with Gasteiger partial charge >= 0.3 is 0 Å². The molecule has 1 aromatic carbocycles. The highest BCUT2D eigenvalue weighted by molar-refractivity contribution is 9.10. The summed E-state index contributed by atoms with van der Waals surface area (Å²) >= 11 is 5.11. The zero-order chi connectivity index (χ0) is 13.7. The third-order valence-electron chi connectivity index (χ3n) is 2.52. The molecule has 0 fully saturated rings. The molecule has 2 nitrogen and oxygen atoms in total. The third-order valence-corrected chi connectivity index (χ3v) is 4.18. The molecular formula is C14H15BrFNOS. The second kappa shape index (κ2) is 7.03. The quantitative estimate of drug-likeness (QED) is 0.796. The van der Waals surface area contributed by atoms with E-state index in [1.165, 1.54) is 21.9 Å². The van der Waals surface area contributed by atoms with Crippen LogP contribution in [0.3, 0.4) is 0 Å². The molecule has 0 unspecified atom stereocenters. The summed E-state index contributed by atoms with van der Waals surface area (Å²) < 4.78 is 19.3. The fourth-order valence-corrected chi connectivity index (χ4v) is 2.83. The van der Waals surface area contributed by atoms with E-state index in [2.05, 4.69) is 40.3 Å². The van der Waals surface area contributed by atoms with Gasteiger partial charge in [0.25, 0.3) is 0 Å². The molecule has 1 heterocycles. The molecule has 1 aromatic heterocycles. The normalized spacial score (nSPS) is 10.7. The van der Waals surface area contributed by atoms with Gasteiger partial charge in [-0.15, -0.1) is 11.3 Å². The number of aryl methyl sites for hydroxylation is 1. The van der Waals surface area contributed by atoms with Gasteiger partial charge in [0.2, 0.25) is 0 Å². The summed E-state index contributed by atoms with van der Waals surface area (Å²) in [4.78, 5) is 2.63. The van der Waals surface area contributed by atoms with Crippen LogP contribution in [0.4, 0.5) is 4.39 Å². The summed E-state index contributed by atoms with van der Waals surface area (Å²) in [6, 6.07) is 8.66. The number of halogens is 2. The Morgan fingerprint density at radius 3 is 2.89 bits per heavy atom. The van der Waals surface area contributed by atoms with E-state index in [9.17, 15) is 4.39 Å². The van der Waals surface area contributed by atoms with Gasteiger partial charge in [-0.25, -0.2) is 4.39 Å². The topological polar surface area (TPSA) is 21.3 Å². The summed E-state index contributed by atoms with van der Waals surface area (Å²) in [7, 11) is 0. The van der Waals surface area contributed by atoms with Crippen molar-refractivity contribution in [3.8, 4) is 5.75 Å². The molecule has 0 radical (unpaired) electrons. The molecule has 102 valence electrons. The third kappa shape index (κ3) is 4.60. The number of thiophene rings is 1. The Kier molecular flexibility index (Phi) is 5.36. The van der Waals surface area contributed by atoms with Crippen LogP contribution in [-0.4, -0.2) is 13.2 Å². The predicted octanol–water partition coefficient (Wildman–Crippen LogP) is 4.13. The van der Waals surface area contributed by atoms with Crippen molar-refractivity contribution >= 4 is 27.3 Å². The smallest absolute Gasteiger partial charge is 0.136 e. The molecule has 0 spiro atoms. The lowest BCUT2D eigenvalue weighted by Gasteiger charge is -2.08. The maximum absolute atomic E-state index is 13.0. The number of rotatable bonds is 6. The predicted molar refractivity (Wildman–Crippen MR) is 80.4 cm³/mol. The summed E-state index contributed by atoms with van der Waals surface area (Å²) in [6.07, 6.45) is 0. The van der Waals surface area contributed by atoms with Gasteiger partial charge in [0.15, 0.2) is 0 Å². The maximum atomic E-state index is 13.0. The number of ether oxygens (including phenoxy) is 1. The maximum Gasteiger partial charge on any atom is 0.136 e. The van der Waals surface area contributed by atoms with Gasteiger partial charge in [-0.3, -0.25) is 0 Å². The van der Waals surface area contributed by atoms with Crippen molar-refractivity contribution in [1.82, 2.24) is 5.32 Å². The van der Waals surface area contributed by atoms with E-state index in [0.29, 0.717) is 12.4 Å². The number of hydrogen-bond donors (Lipinski definition) is 1. The summed E-state index contributed by atoms with van der Waals surface area (Å²) in [5.41, 5.74) is 0. The number of hydrogen-bond acceptors (Lipinski definition) is 3. The van der Waals surface area contributed by atoms with Gasteiger partial charge in [0.1, 0.15) is 18.2 Å². The zero-order valence-electron chi connectivity index (χ0n) is 10.6. The molecule has 2 rings (SSSR count). The van der Waals surface area contributed by atoms with Crippen molar-refractivity contribution in [2.75, 3.05) is 13.2 Å². The van der Waals surface area contributed by atoms with Crippen LogP contribution in [0.1, 0.15) is 9.75 Å². The van der Waals surface area contributed by atoms with Crippen LogP contribution in [-0.2, 0) is 6.54 Å². The number of nitrogens with one attached hydrogen (secondary N) is 1. The van der Waals surface area contributed by atoms with Crippen molar-refractivity contribution in [2.24, 2.45) is 0 Å². The molecule has 0 bridgehead atoms. The van der Waals surface area contributed by atoms with E-state index in [1.807, 2.05) is 0 Å². The Morgan fingerprint density at radius 1 is 1.32 bits per heavy atom. The van der Waals surface area contributed by atoms with Gasteiger partial charge in [-0.05, 0) is 47.1 Å². The summed E-state index contributed by atoms with van der Waals surface area (Å²) in [5.74, 6) is 0.244. The van der Waals surface area contributed by atoms with Crippen molar-refractivity contribution < 1.29 is 9.13 Å². The minimum atomic E-state index is -0.291. The molecule has 0 amide bonds. The second-order valence-corrected chi connectivity index (χ2v) is 6.34. The van der Waals surface area contributed by atoms with E-state index in [4.69, 9.17) is 4.74 Å². The first-order valence-corrected chi connectivity index (χ1v) is 7.60. The molecule has 2 aromatic rings. The van der Waals surface area contributed by atoms with Gasteiger partial charge in [-0.2, -0.15) is 0 Å². The van der Waals surface area contributed by atoms with Crippen LogP contribution >= 0.6 is 27.3 Å². The monoisotopic (exact) mass is 343 g/mol. The van der Waals surface area contributed by atoms with Crippen LogP contribution in [0.15, 0.2) is 34.8 Å². The highest BCUT2D eigenvalue weighted by atomic mass is 79.9. The fraction of sp³-hybridized carbons (Fsp3) is 0.286. The van der Waals surface area contributed by atoms with E-state index < -0.39 is 0 Å². The SMILES string of the molecule is Cc1ccc(CNCCOc2cc(F)ccc2Br)s1. The van der Waals surface area contributed by atoms with Gasteiger partial charge < -0.3 is 10.1 Å². The highest BCUT2D eigenvalue weighted by Gasteiger charge is 2.02. The number of benzene rings is 1. The second-order valence-electron chi connectivity index (χ2n) is 4.11. The Bertz CT molecular complexity index is 544. The van der Waals surface area contributed by atoms with E-state index in [1.54, 1.807) is 17.4 Å². The van der Waals surface area contributed by atoms with Crippen LogP contribution < -0.4 is 10.1 Å². The first-order valence-electron chi connectivity index (χ1n) is 5.99. The van der Waals surface area contributed by atoms with Crippen LogP contribution in [0.25, 0.3) is 0 Å². The fourth-order valence-electron chi connectivity index (χ4n) is 1.61. The first kappa shape index (κ1) is 14.5. The molecule has 0 aliphatic rings. The molecule has 0 saturated heterocycles. The Morgan fingerprint density at radius 2 is 2.16 bits per heavy atom. The van der Waals surface area contributed by atoms with Gasteiger partial charge in [0.05, 0.1) is 4.47 Å². The lowest BCUT2D eigenvalue weighted by molar-refractivity contribution is 0.310. The molecule has 19 heavy (non-hydrogen) atoms. The van der Waals surface area contributed by atoms with Crippen LogP contribution in [0, 0.1) is 12.7 Å². The zero-order valence-corrected chi connectivity index (χ0v) is 13.0. The lowest BCUT2D eigenvalue weighted by Crippen LogP contribution is -2.20. The van der Waals surface area contributed by atoms with E-state index >= 15 is 0 Å². The lowest BCUT2D eigenvalue weighted by atomic mass is 10.3. The summed E-state index contributed by atoms with van der Waals surface area (Å²) in [5, 5.41) is 3.30. The standard InChI is InChI=1S/C14H15BrFNOS/c1-10-2-4-12(19-10)9-17-6-7-18-14-8-11(16)3-5-13(14)15/h2-5,8,17H,6-7,9H2,1H3. The van der Waals surface area contributed by atoms with Crippen molar-refractivity contribution in [1.29, 1.82) is 0 Å². The Hall–Kier alpha value is -0.910. The molecule has 5 heteroatoms. The Balaban J connectivity index is 1.70. The van der Waals surface area contributed by atoms with Crippen LogP contribution in [0.5, 0.6) is 5.75 Å². The molecule has 0 aliphatic carbocycles. The Labute approximate surface area is 124 Å². The van der Waals surface area contributed by atoms with Crippen molar-refractivity contribution in [3.63, 3.8) is 0 Å². The van der Waals surface area contributed by atoms with Gasteiger partial charge in [0, 0.05) is 28.9 Å². The molecule has 1 N–H and O–H groups in total. The molecule has 0 atom stereocenters. The minimum absolute atomic E-state index is 0.291. The molecule has 0 aliphatic heterocycles. The average Bonchev–Trinajstić information content (AvgIpc) is 2.79. The average molecular weight is 344 g/mol. The van der Waals surface area contributed by atoms with Crippen molar-refractivity contribution in [2.45, 2.75) is 13.5 Å². The van der Waals surface area contributed by atoms with Gasteiger partial charge in [-0.1, -0.05) is 0 Å². The molecular weight excluding hydrogens is 329 g/mol. The van der Waals surface area contributed by atoms with Crippen molar-refractivity contribution in [3.05, 3.63) is 50.4 Å². The van der Waals surface area contributed by atoms with E-state index in [0.717, 1.165) is 17.6 Å². The van der Waals surface area contributed by atoms with E-state index in [-0.39, 0.29) is 5.82 Å². The minimum Gasteiger partial charge on any atom is -0.491 e. The highest BCUT2D eigenvalue weighted by Crippen LogP contribution is 2.25. The molecule has 0 saturated carbocycles. The summed E-state index contributed by atoms with van der Waals surface area (Å²) in [6.45, 7) is 4.16. The largest absolute Gasteiger partial charge is 0.491 e. The first-order chi connectivity index (χ1) is 9.15.